The third-order valence-corrected chi connectivity index (χ3v) is 5.64. The first kappa shape index (κ1) is 15.3. The van der Waals surface area contributed by atoms with Crippen molar-refractivity contribution in [2.75, 3.05) is 12.0 Å². The lowest BCUT2D eigenvalue weighted by molar-refractivity contribution is 0.257. The molecule has 1 saturated carbocycles. The van der Waals surface area contributed by atoms with E-state index in [1.54, 1.807) is 24.3 Å². The van der Waals surface area contributed by atoms with Crippen LogP contribution in [0.2, 0.25) is 0 Å². The Morgan fingerprint density at radius 3 is 2.65 bits per heavy atom. The van der Waals surface area contributed by atoms with Crippen LogP contribution in [0.3, 0.4) is 0 Å². The standard InChI is InChI=1S/C14H23N3O2S/c1-11-6-2-3-7-12(11)10-16-20(18,19)14-9-5-4-8-13(14)17-15/h4-5,8-9,11-12,16-17H,2-3,6-7,10,15H2,1H3. The van der Waals surface area contributed by atoms with Crippen molar-refractivity contribution in [1.29, 1.82) is 0 Å². The number of nitrogens with one attached hydrogen (secondary N) is 2. The summed E-state index contributed by atoms with van der Waals surface area (Å²) in [7, 11) is -3.52. The summed E-state index contributed by atoms with van der Waals surface area (Å²) >= 11 is 0. The van der Waals surface area contributed by atoms with Gasteiger partial charge < -0.3 is 5.43 Å². The van der Waals surface area contributed by atoms with Crippen molar-refractivity contribution in [3.05, 3.63) is 24.3 Å². The molecule has 1 aromatic carbocycles. The zero-order valence-corrected chi connectivity index (χ0v) is 12.6. The molecule has 0 radical (unpaired) electrons. The molecule has 0 amide bonds. The maximum absolute atomic E-state index is 12.4. The normalized spacial score (nSPS) is 23.5. The van der Waals surface area contributed by atoms with E-state index in [-0.39, 0.29) is 4.90 Å². The van der Waals surface area contributed by atoms with Crippen molar-refractivity contribution < 1.29 is 8.42 Å². The van der Waals surface area contributed by atoms with E-state index in [0.717, 1.165) is 6.42 Å². The highest BCUT2D eigenvalue weighted by Crippen LogP contribution is 2.29. The van der Waals surface area contributed by atoms with E-state index in [0.29, 0.717) is 24.1 Å². The van der Waals surface area contributed by atoms with E-state index >= 15 is 0 Å². The van der Waals surface area contributed by atoms with Gasteiger partial charge in [-0.05, 0) is 30.4 Å². The predicted octanol–water partition coefficient (Wildman–Crippen LogP) is 2.08. The molecular formula is C14H23N3O2S. The van der Waals surface area contributed by atoms with Crippen LogP contribution >= 0.6 is 0 Å². The molecule has 0 heterocycles. The molecule has 2 rings (SSSR count). The number of hydrogen-bond donors (Lipinski definition) is 3. The zero-order valence-electron chi connectivity index (χ0n) is 11.8. The molecule has 112 valence electrons. The molecule has 2 atom stereocenters. The van der Waals surface area contributed by atoms with Gasteiger partial charge in [0.2, 0.25) is 10.0 Å². The fraction of sp³-hybridized carbons (Fsp3) is 0.571. The van der Waals surface area contributed by atoms with Crippen LogP contribution in [0, 0.1) is 11.8 Å². The first-order valence-electron chi connectivity index (χ1n) is 7.10. The highest BCUT2D eigenvalue weighted by atomic mass is 32.2. The van der Waals surface area contributed by atoms with Crippen molar-refractivity contribution in [2.24, 2.45) is 17.7 Å². The zero-order chi connectivity index (χ0) is 14.6. The number of rotatable bonds is 5. The van der Waals surface area contributed by atoms with Crippen LogP contribution < -0.4 is 16.0 Å². The van der Waals surface area contributed by atoms with Crippen molar-refractivity contribution in [2.45, 2.75) is 37.5 Å². The van der Waals surface area contributed by atoms with Crippen molar-refractivity contribution >= 4 is 15.7 Å². The lowest BCUT2D eigenvalue weighted by Gasteiger charge is -2.28. The lowest BCUT2D eigenvalue weighted by Crippen LogP contribution is -2.34. The van der Waals surface area contributed by atoms with Gasteiger partial charge in [0.05, 0.1) is 5.69 Å². The van der Waals surface area contributed by atoms with E-state index in [2.05, 4.69) is 17.1 Å². The summed E-state index contributed by atoms with van der Waals surface area (Å²) in [6.07, 6.45) is 4.73. The Labute approximate surface area is 121 Å². The summed E-state index contributed by atoms with van der Waals surface area (Å²) in [5, 5.41) is 0. The lowest BCUT2D eigenvalue weighted by atomic mass is 9.81. The van der Waals surface area contributed by atoms with Crippen molar-refractivity contribution in [3.63, 3.8) is 0 Å². The van der Waals surface area contributed by atoms with Crippen LogP contribution in [-0.4, -0.2) is 15.0 Å². The number of nitrogens with two attached hydrogens (primary N) is 1. The Balaban J connectivity index is 2.07. The fourth-order valence-electron chi connectivity index (χ4n) is 2.81. The molecule has 4 N–H and O–H groups in total. The second-order valence-corrected chi connectivity index (χ2v) is 7.25. The molecule has 5 nitrogen and oxygen atoms in total. The number of hydrazine groups is 1. The van der Waals surface area contributed by atoms with E-state index in [1.807, 2.05) is 0 Å². The molecule has 2 unspecified atom stereocenters. The van der Waals surface area contributed by atoms with Gasteiger partial charge in [0, 0.05) is 6.54 Å². The van der Waals surface area contributed by atoms with Gasteiger partial charge in [-0.25, -0.2) is 13.1 Å². The smallest absolute Gasteiger partial charge is 0.242 e. The Kier molecular flexibility index (Phi) is 5.01. The summed E-state index contributed by atoms with van der Waals surface area (Å²) in [4.78, 5) is 0.200. The van der Waals surface area contributed by atoms with Crippen LogP contribution in [-0.2, 0) is 10.0 Å². The molecule has 6 heteroatoms. The number of para-hydroxylation sites is 1. The highest BCUT2D eigenvalue weighted by molar-refractivity contribution is 7.89. The molecule has 20 heavy (non-hydrogen) atoms. The van der Waals surface area contributed by atoms with Crippen molar-refractivity contribution in [3.8, 4) is 0 Å². The van der Waals surface area contributed by atoms with E-state index in [9.17, 15) is 8.42 Å². The van der Waals surface area contributed by atoms with E-state index in [4.69, 9.17) is 5.84 Å². The predicted molar refractivity (Wildman–Crippen MR) is 80.6 cm³/mol. The topological polar surface area (TPSA) is 84.2 Å². The van der Waals surface area contributed by atoms with Crippen LogP contribution in [0.4, 0.5) is 5.69 Å². The summed E-state index contributed by atoms with van der Waals surface area (Å²) < 4.78 is 27.4. The minimum Gasteiger partial charge on any atom is -0.323 e. The van der Waals surface area contributed by atoms with Gasteiger partial charge in [-0.2, -0.15) is 0 Å². The number of nitrogen functional groups attached to an aromatic ring is 1. The molecule has 0 aromatic heterocycles. The molecule has 1 fully saturated rings. The number of anilines is 1. The largest absolute Gasteiger partial charge is 0.323 e. The van der Waals surface area contributed by atoms with E-state index in [1.165, 1.54) is 19.3 Å². The first-order valence-corrected chi connectivity index (χ1v) is 8.58. The average molecular weight is 297 g/mol. The molecule has 0 spiro atoms. The number of sulfonamides is 1. The van der Waals surface area contributed by atoms with Crippen LogP contribution in [0.15, 0.2) is 29.2 Å². The van der Waals surface area contributed by atoms with Gasteiger partial charge in [0.1, 0.15) is 4.90 Å². The summed E-state index contributed by atoms with van der Waals surface area (Å²) in [6.45, 7) is 2.70. The van der Waals surface area contributed by atoms with E-state index < -0.39 is 10.0 Å². The Morgan fingerprint density at radius 2 is 1.95 bits per heavy atom. The highest BCUT2D eigenvalue weighted by Gasteiger charge is 2.24. The second-order valence-electron chi connectivity index (χ2n) is 5.51. The van der Waals surface area contributed by atoms with Gasteiger partial charge in [-0.3, -0.25) is 5.84 Å². The summed E-state index contributed by atoms with van der Waals surface area (Å²) in [5.74, 6) is 6.37. The third kappa shape index (κ3) is 3.50. The van der Waals surface area contributed by atoms with Gasteiger partial charge in [0.15, 0.2) is 0 Å². The van der Waals surface area contributed by atoms with Crippen LogP contribution in [0.25, 0.3) is 0 Å². The number of hydrogen-bond acceptors (Lipinski definition) is 4. The quantitative estimate of drug-likeness (QED) is 0.574. The first-order chi connectivity index (χ1) is 9.54. The second kappa shape index (κ2) is 6.56. The molecule has 0 saturated heterocycles. The molecule has 0 aliphatic heterocycles. The Hall–Kier alpha value is -1.11. The summed E-state index contributed by atoms with van der Waals surface area (Å²) in [6, 6.07) is 6.65. The van der Waals surface area contributed by atoms with Crippen molar-refractivity contribution in [1.82, 2.24) is 4.72 Å². The van der Waals surface area contributed by atoms with Crippen LogP contribution in [0.5, 0.6) is 0 Å². The van der Waals surface area contributed by atoms with Gasteiger partial charge in [-0.1, -0.05) is 38.3 Å². The molecular weight excluding hydrogens is 274 g/mol. The molecule has 1 aliphatic carbocycles. The maximum atomic E-state index is 12.4. The maximum Gasteiger partial charge on any atom is 0.242 e. The van der Waals surface area contributed by atoms with Gasteiger partial charge >= 0.3 is 0 Å². The average Bonchev–Trinajstić information content (AvgIpc) is 2.46. The number of benzene rings is 1. The Bertz CT molecular complexity index is 545. The molecule has 1 aromatic rings. The SMILES string of the molecule is CC1CCCCC1CNS(=O)(=O)c1ccccc1NN. The fourth-order valence-corrected chi connectivity index (χ4v) is 4.07. The van der Waals surface area contributed by atoms with Gasteiger partial charge in [-0.15, -0.1) is 0 Å². The molecule has 1 aliphatic rings. The third-order valence-electron chi connectivity index (χ3n) is 4.16. The molecule has 0 bridgehead atoms. The minimum atomic E-state index is -3.52. The summed E-state index contributed by atoms with van der Waals surface area (Å²) in [5.41, 5.74) is 2.84. The monoisotopic (exact) mass is 297 g/mol. The van der Waals surface area contributed by atoms with Crippen LogP contribution in [0.1, 0.15) is 32.6 Å². The Morgan fingerprint density at radius 1 is 1.25 bits per heavy atom. The van der Waals surface area contributed by atoms with Gasteiger partial charge in [0.25, 0.3) is 0 Å². The minimum absolute atomic E-state index is 0.200.